The monoisotopic (exact) mass is 479 g/mol. The molecule has 1 aliphatic heterocycles. The van der Waals surface area contributed by atoms with Crippen LogP contribution in [-0.4, -0.2) is 51.6 Å². The molecule has 2 aromatic rings. The van der Waals surface area contributed by atoms with E-state index in [0.717, 1.165) is 17.8 Å². The minimum absolute atomic E-state index is 0.0238. The Morgan fingerprint density at radius 3 is 2.38 bits per heavy atom. The zero-order valence-electron chi connectivity index (χ0n) is 17.7. The van der Waals surface area contributed by atoms with Crippen molar-refractivity contribution in [2.75, 3.05) is 13.1 Å². The molecule has 1 aromatic heterocycles. The van der Waals surface area contributed by atoms with E-state index in [1.807, 2.05) is 0 Å². The number of Topliss-reactive ketones (excluding diaryl/α,β-unsaturated/α-hetero) is 1. The molecule has 0 spiro atoms. The van der Waals surface area contributed by atoms with Gasteiger partial charge in [-0.05, 0) is 23.3 Å². The van der Waals surface area contributed by atoms with Gasteiger partial charge in [0.25, 0.3) is 0 Å². The molecule has 1 aromatic carbocycles. The van der Waals surface area contributed by atoms with Crippen LogP contribution in [0.5, 0.6) is 5.75 Å². The highest BCUT2D eigenvalue weighted by molar-refractivity contribution is 6.19. The van der Waals surface area contributed by atoms with Gasteiger partial charge in [-0.3, -0.25) is 19.2 Å². The number of benzene rings is 1. The number of rotatable bonds is 8. The molecule has 0 radical (unpaired) electrons. The number of ether oxygens (including phenoxy) is 1. The van der Waals surface area contributed by atoms with Crippen LogP contribution in [0.25, 0.3) is 0 Å². The second kappa shape index (κ2) is 10.3. The van der Waals surface area contributed by atoms with E-state index in [9.17, 15) is 32.3 Å². The Morgan fingerprint density at radius 1 is 1.12 bits per heavy atom. The van der Waals surface area contributed by atoms with Crippen molar-refractivity contribution < 1.29 is 42.2 Å². The van der Waals surface area contributed by atoms with E-state index in [-0.39, 0.29) is 31.9 Å². The van der Waals surface area contributed by atoms with Gasteiger partial charge in [-0.1, -0.05) is 24.3 Å². The Labute approximate surface area is 191 Å². The van der Waals surface area contributed by atoms with Crippen LogP contribution < -0.4 is 10.1 Å². The van der Waals surface area contributed by atoms with Crippen molar-refractivity contribution in [3.8, 4) is 5.75 Å². The second-order valence-electron chi connectivity index (χ2n) is 7.50. The standard InChI is InChI=1S/C22H20F3N3O6/c23-22(24,25)17-6-5-15(9-26-17)34-12-14-3-1-13(2-4-14)11-28-8-7-16(29)19(21(28)33)20(32)27-10-18(30)31/h1-6,9,19H,7-8,10-12H2,(H,27,32)(H,30,31). The van der Waals surface area contributed by atoms with Crippen molar-refractivity contribution in [2.24, 2.45) is 5.92 Å². The van der Waals surface area contributed by atoms with Crippen molar-refractivity contribution in [2.45, 2.75) is 25.7 Å². The summed E-state index contributed by atoms with van der Waals surface area (Å²) in [6, 6.07) is 8.86. The first-order valence-electron chi connectivity index (χ1n) is 10.1. The molecule has 1 saturated heterocycles. The average molecular weight is 479 g/mol. The van der Waals surface area contributed by atoms with Crippen molar-refractivity contribution in [1.82, 2.24) is 15.2 Å². The summed E-state index contributed by atoms with van der Waals surface area (Å²) >= 11 is 0. The van der Waals surface area contributed by atoms with Gasteiger partial charge in [0.15, 0.2) is 11.7 Å². The number of carbonyl (C=O) groups is 4. The Hall–Kier alpha value is -3.96. The molecule has 1 fully saturated rings. The van der Waals surface area contributed by atoms with Crippen molar-refractivity contribution >= 4 is 23.6 Å². The topological polar surface area (TPSA) is 126 Å². The number of pyridine rings is 1. The predicted octanol–water partition coefficient (Wildman–Crippen LogP) is 1.80. The predicted molar refractivity (Wildman–Crippen MR) is 109 cm³/mol. The third-order valence-corrected chi connectivity index (χ3v) is 5.01. The number of aromatic nitrogens is 1. The zero-order chi connectivity index (χ0) is 24.9. The van der Waals surface area contributed by atoms with E-state index in [4.69, 9.17) is 9.84 Å². The van der Waals surface area contributed by atoms with Gasteiger partial charge in [0.1, 0.15) is 24.6 Å². The van der Waals surface area contributed by atoms with Gasteiger partial charge in [0.05, 0.1) is 6.20 Å². The number of hydrogen-bond acceptors (Lipinski definition) is 6. The highest BCUT2D eigenvalue weighted by Crippen LogP contribution is 2.28. The number of aliphatic carboxylic acids is 1. The Balaban J connectivity index is 1.56. The summed E-state index contributed by atoms with van der Waals surface area (Å²) in [7, 11) is 0. The Bertz CT molecular complexity index is 1070. The highest BCUT2D eigenvalue weighted by atomic mass is 19.4. The summed E-state index contributed by atoms with van der Waals surface area (Å²) in [5, 5.41) is 10.7. The van der Waals surface area contributed by atoms with Crippen LogP contribution in [-0.2, 0) is 38.5 Å². The number of hydrogen-bond donors (Lipinski definition) is 2. The van der Waals surface area contributed by atoms with E-state index >= 15 is 0 Å². The molecule has 180 valence electrons. The lowest BCUT2D eigenvalue weighted by molar-refractivity contribution is -0.152. The molecule has 3 rings (SSSR count). The summed E-state index contributed by atoms with van der Waals surface area (Å²) < 4.78 is 43.1. The van der Waals surface area contributed by atoms with Crippen molar-refractivity contribution in [3.05, 3.63) is 59.4 Å². The number of carbonyl (C=O) groups excluding carboxylic acids is 3. The third-order valence-electron chi connectivity index (χ3n) is 5.01. The first kappa shape index (κ1) is 24.7. The normalized spacial score (nSPS) is 16.3. The lowest BCUT2D eigenvalue weighted by atomic mass is 9.94. The summed E-state index contributed by atoms with van der Waals surface area (Å²) in [6.07, 6.45) is -3.56. The second-order valence-corrected chi connectivity index (χ2v) is 7.50. The van der Waals surface area contributed by atoms with E-state index in [1.165, 1.54) is 11.0 Å². The number of carboxylic acids is 1. The van der Waals surface area contributed by atoms with Gasteiger partial charge in [-0.15, -0.1) is 0 Å². The fourth-order valence-corrected chi connectivity index (χ4v) is 3.26. The largest absolute Gasteiger partial charge is 0.487 e. The quantitative estimate of drug-likeness (QED) is 0.553. The van der Waals surface area contributed by atoms with Gasteiger partial charge in [0.2, 0.25) is 11.8 Å². The molecule has 9 nitrogen and oxygen atoms in total. The molecular weight excluding hydrogens is 459 g/mol. The molecule has 1 atom stereocenters. The SMILES string of the molecule is O=C(O)CNC(=O)C1C(=O)CCN(Cc2ccc(COc3ccc(C(F)(F)F)nc3)cc2)C1=O. The minimum Gasteiger partial charge on any atom is -0.487 e. The van der Waals surface area contributed by atoms with Crippen LogP contribution in [0.2, 0.25) is 0 Å². The molecular formula is C22H20F3N3O6. The molecule has 2 heterocycles. The van der Waals surface area contributed by atoms with Gasteiger partial charge in [-0.2, -0.15) is 13.2 Å². The maximum absolute atomic E-state index is 12.6. The van der Waals surface area contributed by atoms with E-state index in [1.54, 1.807) is 24.3 Å². The van der Waals surface area contributed by atoms with Crippen LogP contribution in [0.3, 0.4) is 0 Å². The maximum Gasteiger partial charge on any atom is 0.433 e. The number of alkyl halides is 3. The highest BCUT2D eigenvalue weighted by Gasteiger charge is 2.40. The van der Waals surface area contributed by atoms with Crippen LogP contribution in [0.15, 0.2) is 42.6 Å². The third kappa shape index (κ3) is 6.30. The zero-order valence-corrected chi connectivity index (χ0v) is 17.7. The van der Waals surface area contributed by atoms with Gasteiger partial charge >= 0.3 is 12.1 Å². The molecule has 12 heteroatoms. The molecule has 0 saturated carbocycles. The molecule has 2 N–H and O–H groups in total. The van der Waals surface area contributed by atoms with Gasteiger partial charge < -0.3 is 20.1 Å². The number of nitrogens with zero attached hydrogens (tertiary/aromatic N) is 2. The minimum atomic E-state index is -4.53. The summed E-state index contributed by atoms with van der Waals surface area (Å²) in [4.78, 5) is 52.1. The lowest BCUT2D eigenvalue weighted by Crippen LogP contribution is -2.52. The number of amides is 2. The number of halogens is 3. The smallest absolute Gasteiger partial charge is 0.433 e. The maximum atomic E-state index is 12.6. The number of likely N-dealkylation sites (tertiary alicyclic amines) is 1. The van der Waals surface area contributed by atoms with Crippen LogP contribution in [0.1, 0.15) is 23.2 Å². The van der Waals surface area contributed by atoms with E-state index in [0.29, 0.717) is 5.56 Å². The van der Waals surface area contributed by atoms with Crippen LogP contribution in [0.4, 0.5) is 13.2 Å². The van der Waals surface area contributed by atoms with E-state index in [2.05, 4.69) is 10.3 Å². The number of nitrogens with one attached hydrogen (secondary N) is 1. The van der Waals surface area contributed by atoms with Crippen molar-refractivity contribution in [1.29, 1.82) is 0 Å². The first-order valence-corrected chi connectivity index (χ1v) is 10.1. The van der Waals surface area contributed by atoms with E-state index < -0.39 is 47.9 Å². The molecule has 0 bridgehead atoms. The van der Waals surface area contributed by atoms with Crippen LogP contribution >= 0.6 is 0 Å². The molecule has 2 amide bonds. The number of piperidine rings is 1. The first-order chi connectivity index (χ1) is 16.0. The average Bonchev–Trinajstić information content (AvgIpc) is 2.79. The summed E-state index contributed by atoms with van der Waals surface area (Å²) in [5.74, 6) is -4.88. The summed E-state index contributed by atoms with van der Waals surface area (Å²) in [5.41, 5.74) is 0.418. The van der Waals surface area contributed by atoms with Gasteiger partial charge in [-0.25, -0.2) is 4.98 Å². The molecule has 1 aliphatic rings. The van der Waals surface area contributed by atoms with Gasteiger partial charge in [0, 0.05) is 19.5 Å². The lowest BCUT2D eigenvalue weighted by Gasteiger charge is -2.30. The number of ketones is 1. The van der Waals surface area contributed by atoms with Crippen molar-refractivity contribution in [3.63, 3.8) is 0 Å². The molecule has 0 aliphatic carbocycles. The molecule has 1 unspecified atom stereocenters. The Kier molecular flexibility index (Phi) is 7.49. The van der Waals surface area contributed by atoms with Crippen LogP contribution in [0, 0.1) is 5.92 Å². The Morgan fingerprint density at radius 2 is 1.79 bits per heavy atom. The summed E-state index contributed by atoms with van der Waals surface area (Å²) in [6.45, 7) is -0.344. The fourth-order valence-electron chi connectivity index (χ4n) is 3.26. The molecule has 34 heavy (non-hydrogen) atoms. The number of carboxylic acid groups (broad SMARTS) is 1. The fraction of sp³-hybridized carbons (Fsp3) is 0.318.